The Balaban J connectivity index is 0.000000865. The first kappa shape index (κ1) is 50.1. The van der Waals surface area contributed by atoms with Crippen LogP contribution in [0.2, 0.25) is 0 Å². The lowest BCUT2D eigenvalue weighted by Crippen LogP contribution is -2.49. The van der Waals surface area contributed by atoms with E-state index in [4.69, 9.17) is 10.4 Å². The lowest BCUT2D eigenvalue weighted by Gasteiger charge is -2.40. The number of rotatable bonds is 12. The van der Waals surface area contributed by atoms with E-state index >= 15 is 0 Å². The molecular weight excluding hydrogens is 865 g/mol. The summed E-state index contributed by atoms with van der Waals surface area (Å²) >= 11 is 0. The van der Waals surface area contributed by atoms with Crippen molar-refractivity contribution in [1.29, 1.82) is 5.41 Å². The van der Waals surface area contributed by atoms with E-state index in [0.717, 1.165) is 108 Å². The number of piperazine rings is 1. The van der Waals surface area contributed by atoms with Gasteiger partial charge in [0.1, 0.15) is 5.84 Å². The Morgan fingerprint density at radius 1 is 0.871 bits per heavy atom. The number of nitrogens with one attached hydrogen (secondary N) is 5. The van der Waals surface area contributed by atoms with Crippen molar-refractivity contribution in [2.24, 2.45) is 27.7 Å². The molecule has 0 amide bonds. The number of anilines is 2. The predicted octanol–water partition coefficient (Wildman–Crippen LogP) is 8.90. The zero-order valence-corrected chi connectivity index (χ0v) is 42.3. The van der Waals surface area contributed by atoms with Crippen LogP contribution in [0.5, 0.6) is 0 Å². The monoisotopic (exact) mass is 941 g/mol. The average Bonchev–Trinajstić information content (AvgIpc) is 3.61. The molecule has 4 saturated heterocycles. The lowest BCUT2D eigenvalue weighted by molar-refractivity contribution is 0.201. The molecular formula is C58H76N12. The van der Waals surface area contributed by atoms with Crippen molar-refractivity contribution in [3.05, 3.63) is 126 Å². The number of aromatic nitrogens is 2. The molecule has 70 heavy (non-hydrogen) atoms. The van der Waals surface area contributed by atoms with Crippen molar-refractivity contribution in [3.8, 4) is 11.3 Å². The van der Waals surface area contributed by atoms with Crippen LogP contribution in [0, 0.1) is 23.2 Å². The first-order valence-electron chi connectivity index (χ1n) is 25.5. The maximum absolute atomic E-state index is 8.42. The minimum atomic E-state index is 0.107. The number of piperidine rings is 3. The largest absolute Gasteiger partial charge is 0.371 e. The Morgan fingerprint density at radius 2 is 1.59 bits per heavy atom. The molecule has 12 heteroatoms. The second-order valence-corrected chi connectivity index (χ2v) is 20.1. The Labute approximate surface area is 416 Å². The van der Waals surface area contributed by atoms with Gasteiger partial charge in [0.25, 0.3) is 0 Å². The Kier molecular flexibility index (Phi) is 16.5. The van der Waals surface area contributed by atoms with Crippen LogP contribution in [-0.2, 0) is 6.54 Å². The third-order valence-electron chi connectivity index (χ3n) is 14.8. The standard InChI is InChI=1S/C52H63N11.C6H13N/c1-34(2)49(52(53)59-39(7)54-8)32-57-56-31-42-11-9-10-12-46(42)51-47-17-15-43(29-41(47)19-22-55-51)62-27-25-60(26-28-62)33-40-20-23-61(24-21-40)44-14-16-45-37(5)63(38(6)48(45)30-44)50-18-13-35(3)58-36(50)4;1-6-3-2-4-7-5-6/h9-12,14-17,19,22,29-30,32,34,40,50,53,56-58H,3-6,8,13,18,20-21,23-28,31,33H2,1-2,7H3;6-7H,2-5H2,1H3/b49-32-,53-52?,59-39?;. The summed E-state index contributed by atoms with van der Waals surface area (Å²) in [5, 5.41) is 21.8. The molecule has 2 atom stereocenters. The van der Waals surface area contributed by atoms with Crippen LogP contribution in [0.15, 0.2) is 119 Å². The lowest BCUT2D eigenvalue weighted by atomic mass is 9.95. The molecule has 0 aliphatic carbocycles. The van der Waals surface area contributed by atoms with E-state index in [2.05, 4.69) is 157 Å². The minimum Gasteiger partial charge on any atom is -0.371 e. The zero-order chi connectivity index (χ0) is 49.3. The van der Waals surface area contributed by atoms with E-state index in [1.807, 2.05) is 26.2 Å². The number of hydrazine groups is 1. The number of hydrogen-bond acceptors (Lipinski definition) is 9. The number of fused-ring (bicyclic) bond motifs is 2. The van der Waals surface area contributed by atoms with Gasteiger partial charge in [0, 0.05) is 126 Å². The number of nitrogens with zero attached hydrogens (tertiary/aromatic N) is 7. The highest BCUT2D eigenvalue weighted by atomic mass is 15.3. The molecule has 5 aromatic rings. The van der Waals surface area contributed by atoms with Gasteiger partial charge >= 0.3 is 0 Å². The van der Waals surface area contributed by atoms with Crippen LogP contribution in [0.1, 0.15) is 77.8 Å². The summed E-state index contributed by atoms with van der Waals surface area (Å²) in [4.78, 5) is 20.7. The van der Waals surface area contributed by atoms with Gasteiger partial charge in [-0.2, -0.15) is 0 Å². The number of pyridine rings is 1. The van der Waals surface area contributed by atoms with Gasteiger partial charge in [-0.05, 0) is 124 Å². The molecule has 2 unspecified atom stereocenters. The molecule has 0 spiro atoms. The summed E-state index contributed by atoms with van der Waals surface area (Å²) in [7, 11) is 0. The predicted molar refractivity (Wildman–Crippen MR) is 297 cm³/mol. The molecule has 3 aromatic carbocycles. The first-order chi connectivity index (χ1) is 33.9. The molecule has 5 N–H and O–H groups in total. The van der Waals surface area contributed by atoms with Crippen molar-refractivity contribution in [1.82, 2.24) is 35.9 Å². The molecule has 4 aliphatic rings. The highest BCUT2D eigenvalue weighted by Gasteiger charge is 2.27. The van der Waals surface area contributed by atoms with Crippen molar-refractivity contribution in [3.63, 3.8) is 0 Å². The Hall–Kier alpha value is -6.34. The van der Waals surface area contributed by atoms with Gasteiger partial charge in [-0.1, -0.05) is 83.5 Å². The molecule has 0 saturated carbocycles. The van der Waals surface area contributed by atoms with Gasteiger partial charge in [-0.25, -0.2) is 15.4 Å². The summed E-state index contributed by atoms with van der Waals surface area (Å²) in [6.45, 7) is 39.6. The van der Waals surface area contributed by atoms with Gasteiger partial charge in [0.2, 0.25) is 0 Å². The van der Waals surface area contributed by atoms with Crippen LogP contribution < -0.4 is 42.0 Å². The van der Waals surface area contributed by atoms with E-state index in [1.165, 1.54) is 72.9 Å². The molecule has 2 aromatic heterocycles. The van der Waals surface area contributed by atoms with Crippen molar-refractivity contribution >= 4 is 64.5 Å². The normalized spacial score (nSPS) is 19.8. The highest BCUT2D eigenvalue weighted by Crippen LogP contribution is 2.33. The van der Waals surface area contributed by atoms with E-state index in [-0.39, 0.29) is 17.8 Å². The number of aliphatic imine (C=N–C) groups is 2. The molecule has 4 aliphatic heterocycles. The number of hydrogen-bond donors (Lipinski definition) is 5. The first-order valence-corrected chi connectivity index (χ1v) is 25.5. The Bertz CT molecular complexity index is 2850. The molecule has 12 nitrogen and oxygen atoms in total. The number of benzene rings is 3. The maximum atomic E-state index is 8.42. The third-order valence-corrected chi connectivity index (χ3v) is 14.8. The summed E-state index contributed by atoms with van der Waals surface area (Å²) < 4.78 is 2.27. The zero-order valence-electron chi connectivity index (χ0n) is 42.3. The van der Waals surface area contributed by atoms with E-state index in [1.54, 1.807) is 6.92 Å². The second-order valence-electron chi connectivity index (χ2n) is 20.1. The fourth-order valence-corrected chi connectivity index (χ4v) is 10.6. The van der Waals surface area contributed by atoms with Gasteiger partial charge in [-0.3, -0.25) is 15.3 Å². The SMILES string of the molecule is C=NC(C)=NC(=N)/C(=C\NNCc1ccccc1-c1nccc2cc(N3CCN(CC4CCN(c5ccc6c(=C)n(C7CCC(=C)NC7=C)c(=C)c6c5)CC4)CC3)ccc12)C(C)C.CC1CCCNC1. The quantitative estimate of drug-likeness (QED) is 0.0364. The van der Waals surface area contributed by atoms with Gasteiger partial charge < -0.3 is 30.4 Å². The minimum absolute atomic E-state index is 0.107. The molecule has 4 fully saturated rings. The topological polar surface area (TPSA) is 124 Å². The van der Waals surface area contributed by atoms with Gasteiger partial charge in [0.15, 0.2) is 5.84 Å². The molecule has 9 rings (SSSR count). The van der Waals surface area contributed by atoms with E-state index < -0.39 is 0 Å². The molecule has 0 radical (unpaired) electrons. The van der Waals surface area contributed by atoms with Crippen molar-refractivity contribution < 1.29 is 0 Å². The van der Waals surface area contributed by atoms with Crippen molar-refractivity contribution in [2.75, 3.05) is 68.7 Å². The third kappa shape index (κ3) is 11.8. The van der Waals surface area contributed by atoms with Crippen LogP contribution in [0.3, 0.4) is 0 Å². The van der Waals surface area contributed by atoms with Crippen LogP contribution in [-0.4, -0.2) is 91.7 Å². The molecule has 6 heterocycles. The molecule has 368 valence electrons. The second kappa shape index (κ2) is 23.1. The fourth-order valence-electron chi connectivity index (χ4n) is 10.6. The van der Waals surface area contributed by atoms with Crippen LogP contribution >= 0.6 is 0 Å². The van der Waals surface area contributed by atoms with Gasteiger partial charge in [0.05, 0.1) is 11.7 Å². The van der Waals surface area contributed by atoms with Gasteiger partial charge in [-0.15, -0.1) is 0 Å². The van der Waals surface area contributed by atoms with Crippen LogP contribution in [0.25, 0.3) is 46.0 Å². The highest BCUT2D eigenvalue weighted by molar-refractivity contribution is 6.05. The number of amidine groups is 2. The fraction of sp³-hybridized carbons (Fsp3) is 0.414. The summed E-state index contributed by atoms with van der Waals surface area (Å²) in [6, 6.07) is 24.3. The maximum Gasteiger partial charge on any atom is 0.151 e. The van der Waals surface area contributed by atoms with Crippen molar-refractivity contribution in [2.45, 2.75) is 78.8 Å². The average molecular weight is 941 g/mol. The Morgan fingerprint density at radius 3 is 2.27 bits per heavy atom. The van der Waals surface area contributed by atoms with E-state index in [9.17, 15) is 0 Å². The van der Waals surface area contributed by atoms with E-state index in [0.29, 0.717) is 18.3 Å². The summed E-state index contributed by atoms with van der Waals surface area (Å²) in [5.74, 6) is 2.38. The van der Waals surface area contributed by atoms with Crippen LogP contribution in [0.4, 0.5) is 11.4 Å². The smallest absolute Gasteiger partial charge is 0.151 e. The summed E-state index contributed by atoms with van der Waals surface area (Å²) in [6.07, 6.45) is 10.8. The summed E-state index contributed by atoms with van der Waals surface area (Å²) in [5.41, 5.74) is 15.0. The number of allylic oxidation sites excluding steroid dienone is 2. The molecule has 0 bridgehead atoms.